The highest BCUT2D eigenvalue weighted by Gasteiger charge is 2.18. The number of halogens is 1. The quantitative estimate of drug-likeness (QED) is 0.611. The van der Waals surface area contributed by atoms with Crippen LogP contribution in [-0.2, 0) is 6.42 Å². The minimum absolute atomic E-state index is 0.00241. The van der Waals surface area contributed by atoms with E-state index in [0.29, 0.717) is 29.3 Å². The topological polar surface area (TPSA) is 85.3 Å². The summed E-state index contributed by atoms with van der Waals surface area (Å²) in [6.45, 7) is 1.76. The summed E-state index contributed by atoms with van der Waals surface area (Å²) in [5.41, 5.74) is 2.50. The molecule has 0 unspecified atom stereocenters. The van der Waals surface area contributed by atoms with Crippen molar-refractivity contribution in [2.24, 2.45) is 0 Å². The molecule has 0 atom stereocenters. The van der Waals surface area contributed by atoms with Crippen LogP contribution in [0.2, 0.25) is 0 Å². The van der Waals surface area contributed by atoms with Crippen molar-refractivity contribution in [3.8, 4) is 0 Å². The molecule has 0 saturated carbocycles. The van der Waals surface area contributed by atoms with Crippen LogP contribution in [0.3, 0.4) is 0 Å². The molecule has 4 aromatic rings. The number of anilines is 1. The van der Waals surface area contributed by atoms with E-state index in [2.05, 4.69) is 20.5 Å². The molecular formula is C18H14FN5O2. The summed E-state index contributed by atoms with van der Waals surface area (Å²) < 4.78 is 20.1. The molecule has 1 aromatic carbocycles. The summed E-state index contributed by atoms with van der Waals surface area (Å²) in [5.74, 6) is -0.379. The van der Waals surface area contributed by atoms with Crippen molar-refractivity contribution in [1.29, 1.82) is 0 Å². The zero-order chi connectivity index (χ0) is 18.1. The van der Waals surface area contributed by atoms with E-state index in [1.165, 1.54) is 12.1 Å². The van der Waals surface area contributed by atoms with Gasteiger partial charge in [0.05, 0.1) is 12.1 Å². The summed E-state index contributed by atoms with van der Waals surface area (Å²) in [5, 5.41) is 10.3. The number of carbonyl (C=O) groups is 1. The lowest BCUT2D eigenvalue weighted by Gasteiger charge is -2.02. The molecule has 3 heterocycles. The Morgan fingerprint density at radius 2 is 2.00 bits per heavy atom. The molecule has 0 aliphatic heterocycles. The number of hydrogen-bond acceptors (Lipinski definition) is 5. The monoisotopic (exact) mass is 351 g/mol. The lowest BCUT2D eigenvalue weighted by Crippen LogP contribution is -2.15. The largest absolute Gasteiger partial charge is 0.407 e. The van der Waals surface area contributed by atoms with Crippen molar-refractivity contribution >= 4 is 17.6 Å². The summed E-state index contributed by atoms with van der Waals surface area (Å²) in [7, 11) is 0. The minimum atomic E-state index is -0.391. The number of carbonyl (C=O) groups excluding carboxylic acids is 1. The molecule has 1 N–H and O–H groups in total. The summed E-state index contributed by atoms with van der Waals surface area (Å²) >= 11 is 0. The number of rotatable bonds is 4. The first-order valence-corrected chi connectivity index (χ1v) is 7.92. The highest BCUT2D eigenvalue weighted by Crippen LogP contribution is 2.16. The van der Waals surface area contributed by atoms with E-state index < -0.39 is 5.91 Å². The molecule has 0 aliphatic carbocycles. The Morgan fingerprint density at radius 3 is 2.81 bits per heavy atom. The molecule has 7 nitrogen and oxygen atoms in total. The van der Waals surface area contributed by atoms with Gasteiger partial charge >= 0.3 is 6.01 Å². The molecule has 130 valence electrons. The van der Waals surface area contributed by atoms with Gasteiger partial charge in [-0.15, -0.1) is 5.10 Å². The van der Waals surface area contributed by atoms with E-state index in [-0.39, 0.29) is 11.8 Å². The number of benzene rings is 1. The standard InChI is InChI=1S/C18H14FN5O2/c1-11-16(24-9-3-2-4-14(24)20-11)17(25)21-18-23-22-15(26-18)10-12-5-7-13(19)8-6-12/h2-9H,10H2,1H3,(H,21,23,25). The van der Waals surface area contributed by atoms with Gasteiger partial charge in [0.25, 0.3) is 5.91 Å². The van der Waals surface area contributed by atoms with Gasteiger partial charge < -0.3 is 4.42 Å². The third kappa shape index (κ3) is 3.04. The van der Waals surface area contributed by atoms with Crippen molar-refractivity contribution in [1.82, 2.24) is 19.6 Å². The van der Waals surface area contributed by atoms with Gasteiger partial charge in [0, 0.05) is 6.20 Å². The smallest absolute Gasteiger partial charge is 0.322 e. The van der Waals surface area contributed by atoms with Crippen LogP contribution in [0.4, 0.5) is 10.4 Å². The maximum atomic E-state index is 12.9. The number of pyridine rings is 1. The lowest BCUT2D eigenvalue weighted by molar-refractivity contribution is 0.101. The third-order valence-electron chi connectivity index (χ3n) is 3.88. The van der Waals surface area contributed by atoms with Crippen LogP contribution in [0.1, 0.15) is 27.6 Å². The molecule has 1 amide bonds. The predicted molar refractivity (Wildman–Crippen MR) is 91.4 cm³/mol. The average molecular weight is 351 g/mol. The molecule has 3 aromatic heterocycles. The maximum absolute atomic E-state index is 12.9. The number of aryl methyl sites for hydroxylation is 1. The summed E-state index contributed by atoms with van der Waals surface area (Å²) in [4.78, 5) is 16.9. The molecule has 0 aliphatic rings. The van der Waals surface area contributed by atoms with E-state index in [4.69, 9.17) is 4.42 Å². The second-order valence-corrected chi connectivity index (χ2v) is 5.73. The normalized spacial score (nSPS) is 11.0. The van der Waals surface area contributed by atoms with E-state index in [1.54, 1.807) is 29.7 Å². The first kappa shape index (κ1) is 15.9. The molecule has 0 saturated heterocycles. The molecule has 0 radical (unpaired) electrons. The van der Waals surface area contributed by atoms with E-state index in [9.17, 15) is 9.18 Å². The van der Waals surface area contributed by atoms with Crippen molar-refractivity contribution in [3.63, 3.8) is 0 Å². The van der Waals surface area contributed by atoms with Crippen molar-refractivity contribution in [3.05, 3.63) is 77.3 Å². The first-order valence-electron chi connectivity index (χ1n) is 7.92. The summed E-state index contributed by atoms with van der Waals surface area (Å²) in [6.07, 6.45) is 2.11. The zero-order valence-corrected chi connectivity index (χ0v) is 13.8. The van der Waals surface area contributed by atoms with Crippen molar-refractivity contribution in [2.75, 3.05) is 5.32 Å². The highest BCUT2D eigenvalue weighted by atomic mass is 19.1. The molecule has 0 spiro atoms. The molecule has 26 heavy (non-hydrogen) atoms. The molecule has 0 fully saturated rings. The number of imidazole rings is 1. The van der Waals surface area contributed by atoms with Crippen molar-refractivity contribution < 1.29 is 13.6 Å². The van der Waals surface area contributed by atoms with Gasteiger partial charge in [-0.1, -0.05) is 23.3 Å². The van der Waals surface area contributed by atoms with E-state index in [0.717, 1.165) is 5.56 Å². The van der Waals surface area contributed by atoms with Gasteiger partial charge in [-0.2, -0.15) is 0 Å². The van der Waals surface area contributed by atoms with Crippen LogP contribution in [0.5, 0.6) is 0 Å². The minimum Gasteiger partial charge on any atom is -0.407 e. The van der Waals surface area contributed by atoms with Crippen LogP contribution >= 0.6 is 0 Å². The Bertz CT molecular complexity index is 1080. The fraction of sp³-hybridized carbons (Fsp3) is 0.111. The summed E-state index contributed by atoms with van der Waals surface area (Å²) in [6, 6.07) is 11.5. The number of nitrogens with zero attached hydrogens (tertiary/aromatic N) is 4. The Labute approximate surface area is 147 Å². The van der Waals surface area contributed by atoms with Gasteiger partial charge in [-0.05, 0) is 36.8 Å². The number of amides is 1. The molecular weight excluding hydrogens is 337 g/mol. The Kier molecular flexibility index (Phi) is 3.92. The Balaban J connectivity index is 1.52. The number of fused-ring (bicyclic) bond motifs is 1. The fourth-order valence-electron chi connectivity index (χ4n) is 2.70. The maximum Gasteiger partial charge on any atom is 0.322 e. The van der Waals surface area contributed by atoms with Gasteiger partial charge in [0.2, 0.25) is 5.89 Å². The second kappa shape index (κ2) is 6.40. The Morgan fingerprint density at radius 1 is 1.19 bits per heavy atom. The Hall–Kier alpha value is -3.55. The SMILES string of the molecule is Cc1nc2ccccn2c1C(=O)Nc1nnc(Cc2ccc(F)cc2)o1. The van der Waals surface area contributed by atoms with Gasteiger partial charge in [-0.3, -0.25) is 14.5 Å². The van der Waals surface area contributed by atoms with Crippen molar-refractivity contribution in [2.45, 2.75) is 13.3 Å². The number of nitrogens with one attached hydrogen (secondary N) is 1. The zero-order valence-electron chi connectivity index (χ0n) is 13.8. The van der Waals surface area contributed by atoms with E-state index in [1.807, 2.05) is 18.2 Å². The predicted octanol–water partition coefficient (Wildman–Crippen LogP) is 3.01. The molecule has 0 bridgehead atoms. The lowest BCUT2D eigenvalue weighted by atomic mass is 10.1. The fourth-order valence-corrected chi connectivity index (χ4v) is 2.70. The van der Waals surface area contributed by atoms with Gasteiger partial charge in [0.1, 0.15) is 17.2 Å². The highest BCUT2D eigenvalue weighted by molar-refractivity contribution is 6.03. The first-order chi connectivity index (χ1) is 12.6. The third-order valence-corrected chi connectivity index (χ3v) is 3.88. The number of hydrogen-bond donors (Lipinski definition) is 1. The van der Waals surface area contributed by atoms with Crippen LogP contribution in [0.25, 0.3) is 5.65 Å². The molecule has 8 heteroatoms. The van der Waals surface area contributed by atoms with Gasteiger partial charge in [-0.25, -0.2) is 9.37 Å². The number of aromatic nitrogens is 4. The van der Waals surface area contributed by atoms with Crippen LogP contribution in [-0.4, -0.2) is 25.5 Å². The van der Waals surface area contributed by atoms with Crippen LogP contribution in [0.15, 0.2) is 53.1 Å². The second-order valence-electron chi connectivity index (χ2n) is 5.73. The van der Waals surface area contributed by atoms with Crippen LogP contribution < -0.4 is 5.32 Å². The van der Waals surface area contributed by atoms with E-state index >= 15 is 0 Å². The molecule has 4 rings (SSSR count). The van der Waals surface area contributed by atoms with Crippen LogP contribution in [0, 0.1) is 12.7 Å². The average Bonchev–Trinajstić information content (AvgIpc) is 3.19. The van der Waals surface area contributed by atoms with Gasteiger partial charge in [0.15, 0.2) is 0 Å².